The lowest BCUT2D eigenvalue weighted by Crippen LogP contribution is -2.61. The maximum absolute atomic E-state index is 13.6. The van der Waals surface area contributed by atoms with Gasteiger partial charge in [-0.2, -0.15) is 0 Å². The van der Waals surface area contributed by atoms with E-state index in [0.717, 1.165) is 18.4 Å². The van der Waals surface area contributed by atoms with Crippen LogP contribution in [0.4, 0.5) is 0 Å². The molecule has 6 atom stereocenters. The fraction of sp³-hybridized carbons (Fsp3) is 0.440. The van der Waals surface area contributed by atoms with Crippen molar-refractivity contribution in [3.63, 3.8) is 0 Å². The molecule has 1 N–H and O–H groups in total. The van der Waals surface area contributed by atoms with Gasteiger partial charge in [0.25, 0.3) is 5.91 Å². The highest BCUT2D eigenvalue weighted by atomic mass is 35.5. The lowest BCUT2D eigenvalue weighted by Gasteiger charge is -2.49. The second kappa shape index (κ2) is 9.42. The van der Waals surface area contributed by atoms with Crippen LogP contribution in [0.25, 0.3) is 0 Å². The number of halogens is 2. The number of aliphatic carboxylic acids is 1. The Labute approximate surface area is 198 Å². The topological polar surface area (TPSA) is 66.8 Å². The number of hydrogen-bond donors (Lipinski definition) is 1. The van der Waals surface area contributed by atoms with Crippen molar-refractivity contribution in [2.75, 3.05) is 0 Å². The molecular weight excluding hydrogens is 449 g/mol. The van der Waals surface area contributed by atoms with E-state index in [1.165, 1.54) is 0 Å². The Bertz CT molecular complexity index is 953. The fourth-order valence-corrected chi connectivity index (χ4v) is 5.17. The lowest BCUT2D eigenvalue weighted by atomic mass is 9.78. The summed E-state index contributed by atoms with van der Waals surface area (Å²) in [6.45, 7) is 5.84. The summed E-state index contributed by atoms with van der Waals surface area (Å²) in [5.41, 5.74) is 0.794. The first-order chi connectivity index (χ1) is 15.3. The molecule has 1 aliphatic heterocycles. The number of hydrogen-bond acceptors (Lipinski definition) is 3. The fourth-order valence-electron chi connectivity index (χ4n) is 4.83. The van der Waals surface area contributed by atoms with Gasteiger partial charge < -0.3 is 14.7 Å². The van der Waals surface area contributed by atoms with Crippen LogP contribution in [-0.4, -0.2) is 40.1 Å². The Morgan fingerprint density at radius 1 is 1.31 bits per heavy atom. The van der Waals surface area contributed by atoms with E-state index in [1.807, 2.05) is 30.4 Å². The summed E-state index contributed by atoms with van der Waals surface area (Å²) in [5.74, 6) is -1.39. The largest absolute Gasteiger partial charge is 0.480 e. The molecule has 170 valence electrons. The minimum absolute atomic E-state index is 0.0582. The van der Waals surface area contributed by atoms with Gasteiger partial charge >= 0.3 is 5.97 Å². The minimum atomic E-state index is -0.983. The third kappa shape index (κ3) is 4.52. The smallest absolute Gasteiger partial charge is 0.326 e. The van der Waals surface area contributed by atoms with Crippen LogP contribution in [0.2, 0.25) is 5.02 Å². The zero-order valence-corrected chi connectivity index (χ0v) is 19.4. The number of ether oxygens (including phenoxy) is 1. The number of amides is 1. The number of rotatable bonds is 7. The number of morpholine rings is 1. The van der Waals surface area contributed by atoms with E-state index in [4.69, 9.17) is 27.9 Å². The van der Waals surface area contributed by atoms with Crippen LogP contribution < -0.4 is 0 Å². The summed E-state index contributed by atoms with van der Waals surface area (Å²) in [4.78, 5) is 27.6. The molecule has 7 heteroatoms. The van der Waals surface area contributed by atoms with Crippen LogP contribution in [0.15, 0.2) is 60.2 Å². The number of benzene rings is 1. The van der Waals surface area contributed by atoms with Crippen molar-refractivity contribution in [3.05, 3.63) is 70.8 Å². The summed E-state index contributed by atoms with van der Waals surface area (Å²) in [5, 5.41) is 11.3. The average Bonchev–Trinajstić information content (AvgIpc) is 3.58. The Kier molecular flexibility index (Phi) is 6.80. The summed E-state index contributed by atoms with van der Waals surface area (Å²) in [6.07, 6.45) is 8.10. The number of carboxylic acid groups (broad SMARTS) is 1. The molecule has 4 rings (SSSR count). The van der Waals surface area contributed by atoms with Crippen LogP contribution in [0.1, 0.15) is 37.8 Å². The van der Waals surface area contributed by atoms with Gasteiger partial charge in [-0.1, -0.05) is 60.5 Å². The Balaban J connectivity index is 1.85. The number of allylic oxidation sites excluding steroid dienone is 3. The maximum atomic E-state index is 13.6. The molecule has 2 fully saturated rings. The van der Waals surface area contributed by atoms with Gasteiger partial charge in [-0.05, 0) is 48.4 Å². The summed E-state index contributed by atoms with van der Waals surface area (Å²) in [7, 11) is 0. The van der Waals surface area contributed by atoms with Crippen molar-refractivity contribution >= 4 is 35.1 Å². The molecule has 2 aliphatic carbocycles. The highest BCUT2D eigenvalue weighted by Gasteiger charge is 2.53. The molecule has 0 bridgehead atoms. The molecule has 32 heavy (non-hydrogen) atoms. The first-order valence-corrected chi connectivity index (χ1v) is 11.7. The molecule has 1 saturated heterocycles. The van der Waals surface area contributed by atoms with Crippen LogP contribution in [0.5, 0.6) is 0 Å². The van der Waals surface area contributed by atoms with E-state index in [9.17, 15) is 14.7 Å². The van der Waals surface area contributed by atoms with Crippen LogP contribution in [0, 0.1) is 17.8 Å². The van der Waals surface area contributed by atoms with Gasteiger partial charge in [-0.3, -0.25) is 4.79 Å². The molecule has 0 aromatic heterocycles. The molecular formula is C25H27Cl2NO4. The maximum Gasteiger partial charge on any atom is 0.326 e. The predicted molar refractivity (Wildman–Crippen MR) is 124 cm³/mol. The van der Waals surface area contributed by atoms with Crippen LogP contribution in [-0.2, 0) is 14.3 Å². The molecule has 1 aromatic rings. The van der Waals surface area contributed by atoms with Gasteiger partial charge in [0, 0.05) is 22.4 Å². The van der Waals surface area contributed by atoms with Gasteiger partial charge in [0.2, 0.25) is 0 Å². The van der Waals surface area contributed by atoms with Crippen molar-refractivity contribution in [1.29, 1.82) is 0 Å². The summed E-state index contributed by atoms with van der Waals surface area (Å²) < 4.78 is 6.43. The third-order valence-electron chi connectivity index (χ3n) is 6.57. The van der Waals surface area contributed by atoms with Crippen molar-refractivity contribution in [2.24, 2.45) is 17.8 Å². The van der Waals surface area contributed by atoms with Crippen LogP contribution in [0.3, 0.4) is 0 Å². The average molecular weight is 476 g/mol. The van der Waals surface area contributed by atoms with Crippen molar-refractivity contribution in [2.45, 2.75) is 50.5 Å². The van der Waals surface area contributed by atoms with Crippen molar-refractivity contribution in [3.8, 4) is 0 Å². The zero-order valence-electron chi connectivity index (χ0n) is 17.9. The van der Waals surface area contributed by atoms with Crippen LogP contribution >= 0.6 is 23.2 Å². The number of carboxylic acids is 1. The van der Waals surface area contributed by atoms with Gasteiger partial charge in [0.05, 0.1) is 12.1 Å². The summed E-state index contributed by atoms with van der Waals surface area (Å²) in [6, 6.07) is 5.71. The highest BCUT2D eigenvalue weighted by molar-refractivity contribution is 6.31. The van der Waals surface area contributed by atoms with Gasteiger partial charge in [-0.15, -0.1) is 6.58 Å². The first-order valence-electron chi connectivity index (χ1n) is 10.9. The molecule has 1 heterocycles. The monoisotopic (exact) mass is 475 g/mol. The predicted octanol–water partition coefficient (Wildman–Crippen LogP) is 5.36. The van der Waals surface area contributed by atoms with Gasteiger partial charge in [0.1, 0.15) is 12.1 Å². The zero-order chi connectivity index (χ0) is 23.0. The number of carbonyl (C=O) groups is 2. The Morgan fingerprint density at radius 3 is 2.59 bits per heavy atom. The van der Waals surface area contributed by atoms with Crippen molar-refractivity contribution < 1.29 is 19.4 Å². The number of nitrogens with zero attached hydrogens (tertiary/aromatic N) is 1. The van der Waals surface area contributed by atoms with E-state index in [1.54, 1.807) is 23.1 Å². The van der Waals surface area contributed by atoms with E-state index in [-0.39, 0.29) is 23.7 Å². The van der Waals surface area contributed by atoms with E-state index < -0.39 is 30.3 Å². The molecule has 0 spiro atoms. The van der Waals surface area contributed by atoms with Gasteiger partial charge in [-0.25, -0.2) is 4.79 Å². The van der Waals surface area contributed by atoms with Gasteiger partial charge in [0.15, 0.2) is 0 Å². The second-order valence-electron chi connectivity index (χ2n) is 8.82. The highest BCUT2D eigenvalue weighted by Crippen LogP contribution is 2.46. The number of carbonyl (C=O) groups excluding carboxylic acids is 1. The first kappa shape index (κ1) is 23.1. The summed E-state index contributed by atoms with van der Waals surface area (Å²) >= 11 is 12.5. The molecule has 5 nitrogen and oxygen atoms in total. The minimum Gasteiger partial charge on any atom is -0.480 e. The lowest BCUT2D eigenvalue weighted by molar-refractivity contribution is -0.189. The quantitative estimate of drug-likeness (QED) is 0.538. The molecule has 2 unspecified atom stereocenters. The van der Waals surface area contributed by atoms with E-state index >= 15 is 0 Å². The molecule has 1 amide bonds. The Morgan fingerprint density at radius 2 is 2.00 bits per heavy atom. The third-order valence-corrected chi connectivity index (χ3v) is 7.08. The molecule has 0 radical (unpaired) electrons. The Hall–Kier alpha value is -2.08. The van der Waals surface area contributed by atoms with E-state index in [0.29, 0.717) is 16.5 Å². The standard InChI is InChI=1S/C25H27Cl2NO4/c1-3-4-20-24(29)28(22(25(30)31)16-6-7-16)21(15-8-11-17(26)12-9-15)23(32-20)19-13-18(27)10-5-14(19)2/h3,5,8-14,16,19-23H,1,4,6-7H2,2H3,(H,30,31)/t14?,19?,20-,21+,22+,23-/m0/s1. The molecule has 3 aliphatic rings. The molecule has 1 aromatic carbocycles. The van der Waals surface area contributed by atoms with E-state index in [2.05, 4.69) is 13.5 Å². The van der Waals surface area contributed by atoms with Crippen molar-refractivity contribution in [1.82, 2.24) is 4.90 Å². The normalized spacial score (nSPS) is 31.2. The SMILES string of the molecule is C=CC[C@@H]1O[C@@H](C2C=C(Cl)C=CC2C)[C@@H](c2ccc(Cl)cc2)N([C@@H](C(=O)O)C2CC2)C1=O. The second-order valence-corrected chi connectivity index (χ2v) is 9.70. The molecule has 1 saturated carbocycles.